The van der Waals surface area contributed by atoms with E-state index >= 15 is 0 Å². The van der Waals surface area contributed by atoms with Crippen LogP contribution in [-0.2, 0) is 0 Å². The van der Waals surface area contributed by atoms with Crippen LogP contribution in [0.3, 0.4) is 0 Å². The first-order valence-electron chi connectivity index (χ1n) is 4.78. The van der Waals surface area contributed by atoms with Crippen molar-refractivity contribution in [2.75, 3.05) is 13.2 Å². The average Bonchev–Trinajstić information content (AvgIpc) is 2.18. The molecule has 0 atom stereocenters. The zero-order valence-electron chi connectivity index (χ0n) is 8.66. The Kier molecular flexibility index (Phi) is 4.20. The number of hydrogen-bond donors (Lipinski definition) is 1. The van der Waals surface area contributed by atoms with Gasteiger partial charge in [-0.15, -0.1) is 0 Å². The maximum atomic E-state index is 8.69. The van der Waals surface area contributed by atoms with Gasteiger partial charge in [0, 0.05) is 5.56 Å². The lowest BCUT2D eigenvalue weighted by molar-refractivity contribution is 0.338. The highest BCUT2D eigenvalue weighted by Crippen LogP contribution is 2.21. The van der Waals surface area contributed by atoms with Crippen molar-refractivity contribution in [1.29, 1.82) is 0 Å². The molecule has 0 radical (unpaired) electrons. The normalized spacial score (nSPS) is 10.8. The number of hydrogen-bond acceptors (Lipinski definition) is 2. The molecular formula is C12H16O2. The number of ether oxygens (including phenoxy) is 1. The average molecular weight is 192 g/mol. The summed E-state index contributed by atoms with van der Waals surface area (Å²) in [4.78, 5) is 0. The fraction of sp³-hybridized carbons (Fsp3) is 0.333. The topological polar surface area (TPSA) is 29.5 Å². The minimum atomic E-state index is 0.0551. The number of aryl methyl sites for hydroxylation is 1. The third-order valence-corrected chi connectivity index (χ3v) is 1.87. The van der Waals surface area contributed by atoms with Crippen molar-refractivity contribution in [2.24, 2.45) is 0 Å². The van der Waals surface area contributed by atoms with Crippen LogP contribution in [0.4, 0.5) is 0 Å². The van der Waals surface area contributed by atoms with Gasteiger partial charge < -0.3 is 9.84 Å². The maximum absolute atomic E-state index is 8.69. The molecule has 1 rings (SSSR count). The fourth-order valence-corrected chi connectivity index (χ4v) is 1.26. The molecule has 0 unspecified atom stereocenters. The van der Waals surface area contributed by atoms with Gasteiger partial charge in [0.05, 0.1) is 13.2 Å². The minimum absolute atomic E-state index is 0.0551. The number of aliphatic hydroxyl groups is 1. The van der Waals surface area contributed by atoms with Gasteiger partial charge in [0.15, 0.2) is 0 Å². The van der Waals surface area contributed by atoms with Crippen LogP contribution in [0.5, 0.6) is 5.75 Å². The van der Waals surface area contributed by atoms with Gasteiger partial charge >= 0.3 is 0 Å². The molecule has 0 spiro atoms. The third kappa shape index (κ3) is 2.89. The van der Waals surface area contributed by atoms with Crippen molar-refractivity contribution in [3.05, 3.63) is 35.4 Å². The van der Waals surface area contributed by atoms with E-state index in [1.165, 1.54) is 5.56 Å². The monoisotopic (exact) mass is 192 g/mol. The molecule has 14 heavy (non-hydrogen) atoms. The molecule has 1 N–H and O–H groups in total. The molecule has 76 valence electrons. The lowest BCUT2D eigenvalue weighted by Gasteiger charge is -2.07. The summed E-state index contributed by atoms with van der Waals surface area (Å²) in [5.74, 6) is 0.864. The molecule has 2 nitrogen and oxygen atoms in total. The standard InChI is InChI=1S/C12H16O2/c1-3-14-12-7-6-10(2)9-11(12)5-4-8-13/h4-7,9,13H,3,8H2,1-2H3/b5-4-. The molecule has 0 saturated carbocycles. The fourth-order valence-electron chi connectivity index (χ4n) is 1.26. The summed E-state index contributed by atoms with van der Waals surface area (Å²) in [6.07, 6.45) is 3.58. The Bertz CT molecular complexity index is 316. The Labute approximate surface area is 84.8 Å². The van der Waals surface area contributed by atoms with Crippen LogP contribution >= 0.6 is 0 Å². The van der Waals surface area contributed by atoms with Crippen molar-refractivity contribution in [1.82, 2.24) is 0 Å². The predicted molar refractivity (Wildman–Crippen MR) is 58.5 cm³/mol. The summed E-state index contributed by atoms with van der Waals surface area (Å²) in [5, 5.41) is 8.69. The van der Waals surface area contributed by atoms with Gasteiger partial charge in [-0.1, -0.05) is 23.8 Å². The summed E-state index contributed by atoms with van der Waals surface area (Å²) in [7, 11) is 0. The Morgan fingerprint density at radius 1 is 1.43 bits per heavy atom. The quantitative estimate of drug-likeness (QED) is 0.793. The molecule has 0 aliphatic carbocycles. The number of rotatable bonds is 4. The van der Waals surface area contributed by atoms with E-state index in [4.69, 9.17) is 9.84 Å². The molecule has 1 aromatic carbocycles. The van der Waals surface area contributed by atoms with Crippen molar-refractivity contribution < 1.29 is 9.84 Å². The molecular weight excluding hydrogens is 176 g/mol. The molecule has 0 saturated heterocycles. The highest BCUT2D eigenvalue weighted by atomic mass is 16.5. The van der Waals surface area contributed by atoms with Crippen molar-refractivity contribution in [2.45, 2.75) is 13.8 Å². The van der Waals surface area contributed by atoms with E-state index in [1.54, 1.807) is 6.08 Å². The summed E-state index contributed by atoms with van der Waals surface area (Å²) in [6.45, 7) is 4.70. The molecule has 2 heteroatoms. The summed E-state index contributed by atoms with van der Waals surface area (Å²) >= 11 is 0. The molecule has 0 aliphatic rings. The van der Waals surface area contributed by atoms with Gasteiger partial charge in [-0.2, -0.15) is 0 Å². The van der Waals surface area contributed by atoms with Crippen LogP contribution in [0.2, 0.25) is 0 Å². The van der Waals surface area contributed by atoms with Gasteiger partial charge in [-0.05, 0) is 26.0 Å². The van der Waals surface area contributed by atoms with E-state index in [0.717, 1.165) is 11.3 Å². The zero-order valence-corrected chi connectivity index (χ0v) is 8.66. The smallest absolute Gasteiger partial charge is 0.126 e. The van der Waals surface area contributed by atoms with E-state index in [-0.39, 0.29) is 6.61 Å². The Morgan fingerprint density at radius 2 is 2.21 bits per heavy atom. The van der Waals surface area contributed by atoms with Gasteiger partial charge in [0.25, 0.3) is 0 Å². The second-order valence-corrected chi connectivity index (χ2v) is 3.06. The van der Waals surface area contributed by atoms with E-state index in [2.05, 4.69) is 0 Å². The summed E-state index contributed by atoms with van der Waals surface area (Å²) < 4.78 is 5.46. The summed E-state index contributed by atoms with van der Waals surface area (Å²) in [6, 6.07) is 6.01. The van der Waals surface area contributed by atoms with Gasteiger partial charge in [-0.25, -0.2) is 0 Å². The summed E-state index contributed by atoms with van der Waals surface area (Å²) in [5.41, 5.74) is 2.20. The van der Waals surface area contributed by atoms with Crippen molar-refractivity contribution >= 4 is 6.08 Å². The van der Waals surface area contributed by atoms with E-state index in [0.29, 0.717) is 6.61 Å². The van der Waals surface area contributed by atoms with Crippen molar-refractivity contribution in [3.63, 3.8) is 0 Å². The molecule has 0 fully saturated rings. The molecule has 1 aromatic rings. The first-order valence-corrected chi connectivity index (χ1v) is 4.78. The third-order valence-electron chi connectivity index (χ3n) is 1.87. The Morgan fingerprint density at radius 3 is 2.86 bits per heavy atom. The highest BCUT2D eigenvalue weighted by molar-refractivity contribution is 5.58. The first-order chi connectivity index (χ1) is 6.77. The zero-order chi connectivity index (χ0) is 10.4. The van der Waals surface area contributed by atoms with Crippen LogP contribution in [0.15, 0.2) is 24.3 Å². The Balaban J connectivity index is 2.96. The highest BCUT2D eigenvalue weighted by Gasteiger charge is 1.99. The lowest BCUT2D eigenvalue weighted by Crippen LogP contribution is -1.94. The van der Waals surface area contributed by atoms with Crippen LogP contribution in [0, 0.1) is 6.92 Å². The van der Waals surface area contributed by atoms with Crippen LogP contribution in [0.25, 0.3) is 6.08 Å². The Hall–Kier alpha value is -1.28. The molecule has 0 heterocycles. The molecule has 0 amide bonds. The lowest BCUT2D eigenvalue weighted by atomic mass is 10.1. The van der Waals surface area contributed by atoms with Gasteiger partial charge in [0.2, 0.25) is 0 Å². The van der Waals surface area contributed by atoms with E-state index < -0.39 is 0 Å². The molecule has 0 bridgehead atoms. The second kappa shape index (κ2) is 5.45. The molecule has 0 aromatic heterocycles. The van der Waals surface area contributed by atoms with Gasteiger partial charge in [0.1, 0.15) is 5.75 Å². The van der Waals surface area contributed by atoms with Crippen molar-refractivity contribution in [3.8, 4) is 5.75 Å². The van der Waals surface area contributed by atoms with Crippen LogP contribution in [0.1, 0.15) is 18.1 Å². The van der Waals surface area contributed by atoms with Crippen LogP contribution in [-0.4, -0.2) is 18.3 Å². The first kappa shape index (κ1) is 10.8. The van der Waals surface area contributed by atoms with Gasteiger partial charge in [-0.3, -0.25) is 0 Å². The number of benzene rings is 1. The predicted octanol–water partition coefficient (Wildman–Crippen LogP) is 2.40. The van der Waals surface area contributed by atoms with E-state index in [9.17, 15) is 0 Å². The largest absolute Gasteiger partial charge is 0.493 e. The second-order valence-electron chi connectivity index (χ2n) is 3.06. The maximum Gasteiger partial charge on any atom is 0.126 e. The van der Waals surface area contributed by atoms with E-state index in [1.807, 2.05) is 38.1 Å². The molecule has 0 aliphatic heterocycles. The minimum Gasteiger partial charge on any atom is -0.493 e. The number of aliphatic hydroxyl groups excluding tert-OH is 1. The van der Waals surface area contributed by atoms with Crippen LogP contribution < -0.4 is 4.74 Å². The SMILES string of the molecule is CCOc1ccc(C)cc1/C=C\CO.